The number of ether oxygens (including phenoxy) is 1. The van der Waals surface area contributed by atoms with Crippen LogP contribution in [0.1, 0.15) is 24.1 Å². The average Bonchev–Trinajstić information content (AvgIpc) is 3.32. The summed E-state index contributed by atoms with van der Waals surface area (Å²) < 4.78 is 7.45. The molecule has 0 bridgehead atoms. The minimum Gasteiger partial charge on any atom is -0.396 e. The van der Waals surface area contributed by atoms with Crippen molar-refractivity contribution in [2.45, 2.75) is 26.3 Å². The predicted octanol–water partition coefficient (Wildman–Crippen LogP) is 1.63. The van der Waals surface area contributed by atoms with Crippen LogP contribution in [0.2, 0.25) is 0 Å². The molecule has 3 N–H and O–H groups in total. The van der Waals surface area contributed by atoms with Gasteiger partial charge in [0.2, 0.25) is 0 Å². The highest BCUT2D eigenvalue weighted by atomic mass is 16.5. The van der Waals surface area contributed by atoms with Crippen molar-refractivity contribution in [3.63, 3.8) is 0 Å². The number of hydrogen-bond acceptors (Lipinski definition) is 4. The lowest BCUT2D eigenvalue weighted by atomic mass is 9.84. The Morgan fingerprint density at radius 1 is 1.33 bits per heavy atom. The molecule has 7 heteroatoms. The normalized spacial score (nSPS) is 20.0. The number of aliphatic imine (C=N–C) groups is 1. The van der Waals surface area contributed by atoms with Crippen LogP contribution in [0, 0.1) is 12.3 Å². The van der Waals surface area contributed by atoms with Crippen molar-refractivity contribution in [2.24, 2.45) is 10.4 Å². The van der Waals surface area contributed by atoms with Crippen molar-refractivity contribution >= 4 is 5.96 Å². The molecule has 0 amide bonds. The average molecular weight is 371 g/mol. The standard InChI is InChI=1S/C20H29N5O2/c1-16-7-10-25(24-16)18-6-4-3-5-17(18)13-22-19(21-2)23-14-20(8-11-26)9-12-27-15-20/h3-7,10,26H,8-9,11-15H2,1-2H3,(H2,21,22,23). The molecule has 3 rings (SSSR count). The van der Waals surface area contributed by atoms with Crippen LogP contribution in [0.4, 0.5) is 0 Å². The largest absolute Gasteiger partial charge is 0.396 e. The smallest absolute Gasteiger partial charge is 0.191 e. The Hall–Kier alpha value is -2.38. The van der Waals surface area contributed by atoms with Gasteiger partial charge in [0.1, 0.15) is 0 Å². The second-order valence-corrected chi connectivity index (χ2v) is 7.09. The Labute approximate surface area is 160 Å². The molecular weight excluding hydrogens is 342 g/mol. The molecule has 0 saturated carbocycles. The SMILES string of the molecule is CN=C(NCc1ccccc1-n1ccc(C)n1)NCC1(CCO)CCOC1. The maximum absolute atomic E-state index is 9.37. The summed E-state index contributed by atoms with van der Waals surface area (Å²) in [6.45, 7) is 4.96. The summed E-state index contributed by atoms with van der Waals surface area (Å²) in [5.74, 6) is 0.741. The Morgan fingerprint density at radius 3 is 2.85 bits per heavy atom. The molecule has 1 aromatic carbocycles. The van der Waals surface area contributed by atoms with Crippen molar-refractivity contribution < 1.29 is 9.84 Å². The summed E-state index contributed by atoms with van der Waals surface area (Å²) in [6.07, 6.45) is 3.66. The fraction of sp³-hybridized carbons (Fsp3) is 0.500. The fourth-order valence-corrected chi connectivity index (χ4v) is 3.42. The molecule has 0 aliphatic carbocycles. The Kier molecular flexibility index (Phi) is 6.47. The van der Waals surface area contributed by atoms with Gasteiger partial charge in [-0.25, -0.2) is 4.68 Å². The number of aromatic nitrogens is 2. The molecule has 1 aliphatic rings. The zero-order valence-electron chi connectivity index (χ0n) is 16.1. The highest BCUT2D eigenvalue weighted by molar-refractivity contribution is 5.79. The van der Waals surface area contributed by atoms with Crippen LogP contribution in [0.5, 0.6) is 0 Å². The third-order valence-corrected chi connectivity index (χ3v) is 5.09. The van der Waals surface area contributed by atoms with E-state index >= 15 is 0 Å². The van der Waals surface area contributed by atoms with E-state index in [0.717, 1.165) is 48.9 Å². The van der Waals surface area contributed by atoms with Crippen molar-refractivity contribution in [1.29, 1.82) is 0 Å². The van der Waals surface area contributed by atoms with E-state index in [2.05, 4.69) is 32.9 Å². The first kappa shape index (κ1) is 19.4. The molecule has 1 aromatic heterocycles. The molecule has 27 heavy (non-hydrogen) atoms. The molecule has 0 spiro atoms. The van der Waals surface area contributed by atoms with E-state index in [1.807, 2.05) is 36.0 Å². The van der Waals surface area contributed by atoms with E-state index in [-0.39, 0.29) is 12.0 Å². The van der Waals surface area contributed by atoms with Gasteiger partial charge in [-0.15, -0.1) is 0 Å². The van der Waals surface area contributed by atoms with Crippen LogP contribution >= 0.6 is 0 Å². The van der Waals surface area contributed by atoms with Gasteiger partial charge in [0, 0.05) is 45.0 Å². The molecule has 2 aromatic rings. The number of nitrogens with zero attached hydrogens (tertiary/aromatic N) is 3. The third kappa shape index (κ3) is 4.87. The molecule has 146 valence electrons. The van der Waals surface area contributed by atoms with E-state index in [4.69, 9.17) is 4.74 Å². The van der Waals surface area contributed by atoms with E-state index in [1.54, 1.807) is 7.05 Å². The summed E-state index contributed by atoms with van der Waals surface area (Å²) in [5, 5.41) is 20.7. The number of aliphatic hydroxyl groups is 1. The molecular formula is C20H29N5O2. The van der Waals surface area contributed by atoms with Crippen molar-refractivity contribution in [2.75, 3.05) is 33.4 Å². The molecule has 1 unspecified atom stereocenters. The van der Waals surface area contributed by atoms with Crippen LogP contribution < -0.4 is 10.6 Å². The van der Waals surface area contributed by atoms with Crippen LogP contribution in [0.3, 0.4) is 0 Å². The summed E-state index contributed by atoms with van der Waals surface area (Å²) in [7, 11) is 1.77. The highest BCUT2D eigenvalue weighted by Crippen LogP contribution is 2.31. The fourth-order valence-electron chi connectivity index (χ4n) is 3.42. The zero-order chi connectivity index (χ0) is 19.1. The minimum absolute atomic E-state index is 0.0170. The van der Waals surface area contributed by atoms with Crippen molar-refractivity contribution in [3.8, 4) is 5.69 Å². The van der Waals surface area contributed by atoms with Gasteiger partial charge in [-0.1, -0.05) is 18.2 Å². The molecule has 1 atom stereocenters. The minimum atomic E-state index is -0.0170. The second-order valence-electron chi connectivity index (χ2n) is 7.09. The number of aryl methyl sites for hydroxylation is 1. The first-order valence-corrected chi connectivity index (χ1v) is 9.39. The monoisotopic (exact) mass is 371 g/mol. The molecule has 7 nitrogen and oxygen atoms in total. The van der Waals surface area contributed by atoms with Gasteiger partial charge in [0.05, 0.1) is 18.0 Å². The summed E-state index contributed by atoms with van der Waals surface area (Å²) in [5.41, 5.74) is 3.16. The van der Waals surface area contributed by atoms with Crippen LogP contribution in [0.15, 0.2) is 41.5 Å². The first-order valence-electron chi connectivity index (χ1n) is 9.39. The molecule has 1 fully saturated rings. The number of rotatable bonds is 7. The lowest BCUT2D eigenvalue weighted by molar-refractivity contribution is 0.127. The quantitative estimate of drug-likeness (QED) is 0.509. The highest BCUT2D eigenvalue weighted by Gasteiger charge is 2.34. The maximum Gasteiger partial charge on any atom is 0.191 e. The van der Waals surface area contributed by atoms with E-state index in [9.17, 15) is 5.11 Å². The number of para-hydroxylation sites is 1. The number of aliphatic hydroxyl groups excluding tert-OH is 1. The van der Waals surface area contributed by atoms with Crippen LogP contribution in [0.25, 0.3) is 5.69 Å². The van der Waals surface area contributed by atoms with Gasteiger partial charge in [0.25, 0.3) is 0 Å². The molecule has 2 heterocycles. The zero-order valence-corrected chi connectivity index (χ0v) is 16.1. The van der Waals surface area contributed by atoms with E-state index < -0.39 is 0 Å². The summed E-state index contributed by atoms with van der Waals surface area (Å²) in [6, 6.07) is 10.2. The lowest BCUT2D eigenvalue weighted by Gasteiger charge is -2.27. The van der Waals surface area contributed by atoms with Crippen molar-refractivity contribution in [3.05, 3.63) is 47.8 Å². The molecule has 1 saturated heterocycles. The van der Waals surface area contributed by atoms with Crippen LogP contribution in [-0.4, -0.2) is 54.3 Å². The number of nitrogens with one attached hydrogen (secondary N) is 2. The van der Waals surface area contributed by atoms with Gasteiger partial charge in [0.15, 0.2) is 5.96 Å². The van der Waals surface area contributed by atoms with E-state index in [1.165, 1.54) is 0 Å². The van der Waals surface area contributed by atoms with Gasteiger partial charge < -0.3 is 20.5 Å². The summed E-state index contributed by atoms with van der Waals surface area (Å²) in [4.78, 5) is 4.33. The van der Waals surface area contributed by atoms with Gasteiger partial charge in [-0.3, -0.25) is 4.99 Å². The summed E-state index contributed by atoms with van der Waals surface area (Å²) >= 11 is 0. The Balaban J connectivity index is 1.62. The lowest BCUT2D eigenvalue weighted by Crippen LogP contribution is -2.44. The molecule has 1 aliphatic heterocycles. The predicted molar refractivity (Wildman–Crippen MR) is 106 cm³/mol. The number of guanidine groups is 1. The topological polar surface area (TPSA) is 83.7 Å². The van der Waals surface area contributed by atoms with Crippen LogP contribution in [-0.2, 0) is 11.3 Å². The van der Waals surface area contributed by atoms with Gasteiger partial charge >= 0.3 is 0 Å². The Bertz CT molecular complexity index is 765. The first-order chi connectivity index (χ1) is 13.2. The maximum atomic E-state index is 9.37. The Morgan fingerprint density at radius 2 is 2.19 bits per heavy atom. The van der Waals surface area contributed by atoms with Gasteiger partial charge in [-0.2, -0.15) is 5.10 Å². The molecule has 0 radical (unpaired) electrons. The number of hydrogen-bond donors (Lipinski definition) is 3. The number of benzene rings is 1. The third-order valence-electron chi connectivity index (χ3n) is 5.09. The second kappa shape index (κ2) is 9.01. The van der Waals surface area contributed by atoms with E-state index in [0.29, 0.717) is 13.2 Å². The van der Waals surface area contributed by atoms with Gasteiger partial charge in [-0.05, 0) is 37.5 Å². The van der Waals surface area contributed by atoms with Crippen molar-refractivity contribution in [1.82, 2.24) is 20.4 Å².